The second-order valence-corrected chi connectivity index (χ2v) is 8.58. The van der Waals surface area contributed by atoms with Crippen LogP contribution in [0, 0.1) is 13.8 Å². The first-order valence-electron chi connectivity index (χ1n) is 10.9. The van der Waals surface area contributed by atoms with Crippen LogP contribution >= 0.6 is 11.6 Å². The van der Waals surface area contributed by atoms with Gasteiger partial charge in [0.05, 0.1) is 35.3 Å². The van der Waals surface area contributed by atoms with E-state index in [1.807, 2.05) is 56.3 Å². The molecule has 2 heterocycles. The van der Waals surface area contributed by atoms with Crippen molar-refractivity contribution in [2.45, 2.75) is 13.8 Å². The molecular weight excluding hydrogens is 466 g/mol. The number of carboxylic acid groups (broad SMARTS) is 1. The van der Waals surface area contributed by atoms with Crippen LogP contribution < -0.4 is 10.1 Å². The maximum absolute atomic E-state index is 12.0. The molecule has 2 N–H and O–H groups in total. The number of carboxylic acids is 1. The van der Waals surface area contributed by atoms with Crippen LogP contribution in [0.15, 0.2) is 71.1 Å². The minimum Gasteiger partial charge on any atom is -0.497 e. The van der Waals surface area contributed by atoms with Gasteiger partial charge in [0.1, 0.15) is 22.9 Å². The van der Waals surface area contributed by atoms with Crippen LogP contribution in [0.4, 0.5) is 11.5 Å². The predicted molar refractivity (Wildman–Crippen MR) is 136 cm³/mol. The molecule has 0 aliphatic rings. The molecule has 0 aliphatic carbocycles. The lowest BCUT2D eigenvalue weighted by atomic mass is 10.1. The number of furan rings is 1. The highest BCUT2D eigenvalue weighted by atomic mass is 35.5. The van der Waals surface area contributed by atoms with E-state index < -0.39 is 5.97 Å². The third-order valence-corrected chi connectivity index (χ3v) is 6.07. The van der Waals surface area contributed by atoms with E-state index in [0.29, 0.717) is 44.9 Å². The van der Waals surface area contributed by atoms with Crippen LogP contribution in [-0.2, 0) is 0 Å². The molecule has 7 nitrogen and oxygen atoms in total. The fraction of sp³-hybridized carbons (Fsp3) is 0.111. The summed E-state index contributed by atoms with van der Waals surface area (Å²) in [4.78, 5) is 12.0. The van der Waals surface area contributed by atoms with Crippen molar-refractivity contribution in [2.75, 3.05) is 12.4 Å². The number of anilines is 2. The molecule has 5 rings (SSSR count). The highest BCUT2D eigenvalue weighted by molar-refractivity contribution is 6.31. The lowest BCUT2D eigenvalue weighted by molar-refractivity contribution is 0.0697. The number of fused-ring (bicyclic) bond motifs is 1. The summed E-state index contributed by atoms with van der Waals surface area (Å²) in [5.41, 5.74) is 4.45. The first kappa shape index (κ1) is 22.6. The van der Waals surface area contributed by atoms with Gasteiger partial charge in [-0.05, 0) is 67.9 Å². The Bertz CT molecular complexity index is 1590. The van der Waals surface area contributed by atoms with Gasteiger partial charge < -0.3 is 19.6 Å². The number of benzene rings is 3. The van der Waals surface area contributed by atoms with E-state index in [-0.39, 0.29) is 5.56 Å². The number of hydrogen-bond donors (Lipinski definition) is 2. The van der Waals surface area contributed by atoms with Crippen molar-refractivity contribution in [3.63, 3.8) is 0 Å². The second kappa shape index (κ2) is 8.85. The maximum atomic E-state index is 12.0. The minimum atomic E-state index is -1.08. The lowest BCUT2D eigenvalue weighted by Crippen LogP contribution is -2.08. The van der Waals surface area contributed by atoms with E-state index in [4.69, 9.17) is 25.9 Å². The van der Waals surface area contributed by atoms with E-state index >= 15 is 0 Å². The van der Waals surface area contributed by atoms with Crippen molar-refractivity contribution >= 4 is 40.0 Å². The van der Waals surface area contributed by atoms with Gasteiger partial charge in [0.2, 0.25) is 0 Å². The molecule has 0 atom stereocenters. The lowest BCUT2D eigenvalue weighted by Gasteiger charge is -2.15. The van der Waals surface area contributed by atoms with Gasteiger partial charge in [-0.3, -0.25) is 0 Å². The van der Waals surface area contributed by atoms with E-state index in [9.17, 15) is 9.90 Å². The Morgan fingerprint density at radius 2 is 1.89 bits per heavy atom. The SMILES string of the molecule is COc1ccc(Nc2c(-c3cc4cc(Cl)ccc4o3)c(C)nn2-c2ccccc2C)c(C(=O)O)c1. The van der Waals surface area contributed by atoms with Gasteiger partial charge in [0, 0.05) is 10.4 Å². The molecule has 0 amide bonds. The fourth-order valence-electron chi connectivity index (χ4n) is 4.11. The number of aryl methyl sites for hydroxylation is 2. The average molecular weight is 488 g/mol. The summed E-state index contributed by atoms with van der Waals surface area (Å²) in [6.45, 7) is 3.89. The van der Waals surface area contributed by atoms with Crippen molar-refractivity contribution in [3.8, 4) is 22.8 Å². The van der Waals surface area contributed by atoms with E-state index in [2.05, 4.69) is 5.32 Å². The van der Waals surface area contributed by atoms with Gasteiger partial charge in [0.15, 0.2) is 0 Å². The molecule has 0 radical (unpaired) electrons. The molecular formula is C27H22ClN3O4. The summed E-state index contributed by atoms with van der Waals surface area (Å²) >= 11 is 6.18. The monoisotopic (exact) mass is 487 g/mol. The number of rotatable bonds is 6. The first-order chi connectivity index (χ1) is 16.9. The topological polar surface area (TPSA) is 89.5 Å². The quantitative estimate of drug-likeness (QED) is 0.268. The highest BCUT2D eigenvalue weighted by Gasteiger charge is 2.24. The number of nitrogens with one attached hydrogen (secondary N) is 1. The number of ether oxygens (including phenoxy) is 1. The van der Waals surface area contributed by atoms with Gasteiger partial charge in [-0.2, -0.15) is 5.10 Å². The summed E-state index contributed by atoms with van der Waals surface area (Å²) in [7, 11) is 1.50. The van der Waals surface area contributed by atoms with E-state index in [0.717, 1.165) is 16.6 Å². The Hall–Kier alpha value is -4.23. The molecule has 0 fully saturated rings. The van der Waals surface area contributed by atoms with Crippen LogP contribution in [0.5, 0.6) is 5.75 Å². The molecule has 176 valence electrons. The molecule has 8 heteroatoms. The summed E-state index contributed by atoms with van der Waals surface area (Å²) in [5.74, 6) is 0.540. The number of methoxy groups -OCH3 is 1. The number of halogens is 1. The van der Waals surface area contributed by atoms with Crippen LogP contribution in [0.3, 0.4) is 0 Å². The Kier molecular flexibility index (Phi) is 5.70. The van der Waals surface area contributed by atoms with Crippen molar-refractivity contribution in [2.24, 2.45) is 0 Å². The zero-order valence-electron chi connectivity index (χ0n) is 19.3. The van der Waals surface area contributed by atoms with Gasteiger partial charge in [0.25, 0.3) is 0 Å². The highest BCUT2D eigenvalue weighted by Crippen LogP contribution is 2.39. The molecule has 0 unspecified atom stereocenters. The molecule has 2 aromatic heterocycles. The van der Waals surface area contributed by atoms with E-state index in [1.54, 1.807) is 22.9 Å². The number of aromatic carboxylic acids is 1. The molecule has 5 aromatic rings. The van der Waals surface area contributed by atoms with Crippen LogP contribution in [0.2, 0.25) is 5.02 Å². The first-order valence-corrected chi connectivity index (χ1v) is 11.3. The molecule has 3 aromatic carbocycles. The number of hydrogen-bond acceptors (Lipinski definition) is 5. The van der Waals surface area contributed by atoms with Crippen LogP contribution in [0.1, 0.15) is 21.6 Å². The summed E-state index contributed by atoms with van der Waals surface area (Å²) < 4.78 is 13.2. The zero-order chi connectivity index (χ0) is 24.7. The Morgan fingerprint density at radius 3 is 2.63 bits per heavy atom. The van der Waals surface area contributed by atoms with Crippen LogP contribution in [0.25, 0.3) is 28.0 Å². The Balaban J connectivity index is 1.75. The molecule has 0 spiro atoms. The van der Waals surface area contributed by atoms with E-state index in [1.165, 1.54) is 13.2 Å². The van der Waals surface area contributed by atoms with Gasteiger partial charge >= 0.3 is 5.97 Å². The molecule has 0 saturated heterocycles. The average Bonchev–Trinajstić information content (AvgIpc) is 3.39. The Labute approximate surface area is 206 Å². The molecule has 0 saturated carbocycles. The second-order valence-electron chi connectivity index (χ2n) is 8.14. The van der Waals surface area contributed by atoms with Crippen molar-refractivity contribution in [1.82, 2.24) is 9.78 Å². The predicted octanol–water partition coefficient (Wildman–Crippen LogP) is 7.01. The molecule has 35 heavy (non-hydrogen) atoms. The van der Waals surface area contributed by atoms with Crippen LogP contribution in [-0.4, -0.2) is 28.0 Å². The van der Waals surface area contributed by atoms with Gasteiger partial charge in [-0.25, -0.2) is 9.48 Å². The molecule has 0 aliphatic heterocycles. The number of nitrogens with zero attached hydrogens (tertiary/aromatic N) is 2. The fourth-order valence-corrected chi connectivity index (χ4v) is 4.29. The standard InChI is InChI=1S/C27H22ClN3O4/c1-15-6-4-5-7-22(15)31-26(29-21-10-9-19(34-3)14-20(21)27(32)33)25(16(2)30-31)24-13-17-12-18(28)8-11-23(17)35-24/h4-14,29H,1-3H3,(H,32,33). The van der Waals surface area contributed by atoms with Crippen molar-refractivity contribution in [1.29, 1.82) is 0 Å². The smallest absolute Gasteiger partial charge is 0.337 e. The van der Waals surface area contributed by atoms with Gasteiger partial charge in [-0.15, -0.1) is 0 Å². The van der Waals surface area contributed by atoms with Crippen molar-refractivity contribution in [3.05, 3.63) is 88.6 Å². The number of carbonyl (C=O) groups is 1. The normalized spacial score (nSPS) is 11.1. The zero-order valence-corrected chi connectivity index (χ0v) is 20.1. The summed E-state index contributed by atoms with van der Waals surface area (Å²) in [6, 6.07) is 20.0. The minimum absolute atomic E-state index is 0.0712. The summed E-state index contributed by atoms with van der Waals surface area (Å²) in [5, 5.41) is 19.5. The maximum Gasteiger partial charge on any atom is 0.337 e. The number of para-hydroxylation sites is 1. The van der Waals surface area contributed by atoms with Gasteiger partial charge in [-0.1, -0.05) is 29.8 Å². The number of aromatic nitrogens is 2. The summed E-state index contributed by atoms with van der Waals surface area (Å²) in [6.07, 6.45) is 0. The van der Waals surface area contributed by atoms with Crippen molar-refractivity contribution < 1.29 is 19.1 Å². The third-order valence-electron chi connectivity index (χ3n) is 5.84. The largest absolute Gasteiger partial charge is 0.497 e. The third kappa shape index (κ3) is 4.11. The Morgan fingerprint density at radius 1 is 1.09 bits per heavy atom. The molecule has 0 bridgehead atoms.